The van der Waals surface area contributed by atoms with Gasteiger partial charge in [-0.1, -0.05) is 18.5 Å². The molecule has 0 bridgehead atoms. The second kappa shape index (κ2) is 5.48. The number of halogens is 1. The standard InChI is InChI=1S/C10H16ClN3O3/c1-3-10(5-15,6-16)13-7-4-12-14(2)9(17)8(7)11/h4,13,15-16H,3,5-6H2,1-2H3. The molecular formula is C10H16ClN3O3. The Kier molecular flexibility index (Phi) is 4.50. The van der Waals surface area contributed by atoms with E-state index in [1.54, 1.807) is 0 Å². The molecule has 0 aliphatic carbocycles. The molecule has 0 aliphatic rings. The van der Waals surface area contributed by atoms with Gasteiger partial charge in [0, 0.05) is 7.05 Å². The van der Waals surface area contributed by atoms with Crippen molar-refractivity contribution < 1.29 is 10.2 Å². The topological polar surface area (TPSA) is 87.4 Å². The van der Waals surface area contributed by atoms with Crippen LogP contribution in [0.2, 0.25) is 5.02 Å². The lowest BCUT2D eigenvalue weighted by molar-refractivity contribution is 0.132. The third kappa shape index (κ3) is 2.77. The summed E-state index contributed by atoms with van der Waals surface area (Å²) in [6.07, 6.45) is 1.87. The van der Waals surface area contributed by atoms with Gasteiger partial charge in [0.05, 0.1) is 30.6 Å². The van der Waals surface area contributed by atoms with E-state index >= 15 is 0 Å². The van der Waals surface area contributed by atoms with Crippen LogP contribution in [0, 0.1) is 0 Å². The largest absolute Gasteiger partial charge is 0.394 e. The summed E-state index contributed by atoms with van der Waals surface area (Å²) in [5.74, 6) is 0. The number of hydrogen-bond acceptors (Lipinski definition) is 5. The van der Waals surface area contributed by atoms with Crippen molar-refractivity contribution in [3.8, 4) is 0 Å². The van der Waals surface area contributed by atoms with Crippen molar-refractivity contribution in [1.82, 2.24) is 9.78 Å². The van der Waals surface area contributed by atoms with E-state index < -0.39 is 11.1 Å². The maximum Gasteiger partial charge on any atom is 0.287 e. The van der Waals surface area contributed by atoms with E-state index in [1.807, 2.05) is 6.92 Å². The maximum atomic E-state index is 11.5. The van der Waals surface area contributed by atoms with Gasteiger partial charge >= 0.3 is 0 Å². The zero-order valence-corrected chi connectivity index (χ0v) is 10.5. The van der Waals surface area contributed by atoms with E-state index in [0.29, 0.717) is 12.1 Å². The predicted molar refractivity (Wildman–Crippen MR) is 65.3 cm³/mol. The monoisotopic (exact) mass is 261 g/mol. The number of nitrogens with one attached hydrogen (secondary N) is 1. The van der Waals surface area contributed by atoms with Gasteiger partial charge in [0.15, 0.2) is 0 Å². The Morgan fingerprint density at radius 3 is 2.59 bits per heavy atom. The van der Waals surface area contributed by atoms with Crippen molar-refractivity contribution in [2.24, 2.45) is 7.05 Å². The average molecular weight is 262 g/mol. The van der Waals surface area contributed by atoms with Gasteiger partial charge in [0.1, 0.15) is 5.02 Å². The van der Waals surface area contributed by atoms with Gasteiger partial charge < -0.3 is 15.5 Å². The van der Waals surface area contributed by atoms with Gasteiger partial charge in [0.2, 0.25) is 0 Å². The number of rotatable bonds is 5. The first-order valence-electron chi connectivity index (χ1n) is 5.21. The number of aliphatic hydroxyl groups excluding tert-OH is 2. The highest BCUT2D eigenvalue weighted by Gasteiger charge is 2.27. The van der Waals surface area contributed by atoms with Crippen LogP contribution in [0.3, 0.4) is 0 Å². The smallest absolute Gasteiger partial charge is 0.287 e. The second-order valence-corrected chi connectivity index (χ2v) is 4.25. The first kappa shape index (κ1) is 14.0. The Morgan fingerprint density at radius 1 is 1.53 bits per heavy atom. The van der Waals surface area contributed by atoms with Crippen LogP contribution in [-0.2, 0) is 7.05 Å². The van der Waals surface area contributed by atoms with Crippen LogP contribution in [0.15, 0.2) is 11.0 Å². The first-order valence-corrected chi connectivity index (χ1v) is 5.59. The van der Waals surface area contributed by atoms with Gasteiger partial charge in [-0.3, -0.25) is 4.79 Å². The third-order valence-electron chi connectivity index (χ3n) is 2.76. The van der Waals surface area contributed by atoms with E-state index in [4.69, 9.17) is 11.6 Å². The number of aliphatic hydroxyl groups is 2. The van der Waals surface area contributed by atoms with Crippen molar-refractivity contribution in [3.05, 3.63) is 21.6 Å². The molecule has 6 nitrogen and oxygen atoms in total. The molecule has 1 rings (SSSR count). The number of anilines is 1. The molecular weight excluding hydrogens is 246 g/mol. The van der Waals surface area contributed by atoms with Crippen molar-refractivity contribution >= 4 is 17.3 Å². The number of aromatic nitrogens is 2. The molecule has 7 heteroatoms. The minimum Gasteiger partial charge on any atom is -0.394 e. The molecule has 0 saturated heterocycles. The third-order valence-corrected chi connectivity index (χ3v) is 3.13. The molecule has 0 radical (unpaired) electrons. The zero-order valence-electron chi connectivity index (χ0n) is 9.77. The van der Waals surface area contributed by atoms with E-state index in [1.165, 1.54) is 13.2 Å². The van der Waals surface area contributed by atoms with Crippen molar-refractivity contribution in [3.63, 3.8) is 0 Å². The highest BCUT2D eigenvalue weighted by atomic mass is 35.5. The molecule has 0 aliphatic heterocycles. The van der Waals surface area contributed by atoms with E-state index in [-0.39, 0.29) is 18.2 Å². The Morgan fingerprint density at radius 2 is 2.12 bits per heavy atom. The molecule has 0 unspecified atom stereocenters. The molecule has 1 aromatic rings. The molecule has 3 N–H and O–H groups in total. The lowest BCUT2D eigenvalue weighted by Gasteiger charge is -2.30. The lowest BCUT2D eigenvalue weighted by atomic mass is 9.98. The van der Waals surface area contributed by atoms with Crippen LogP contribution in [-0.4, -0.2) is 38.7 Å². The highest BCUT2D eigenvalue weighted by molar-refractivity contribution is 6.32. The van der Waals surface area contributed by atoms with Crippen molar-refractivity contribution in [2.45, 2.75) is 18.9 Å². The molecule has 0 amide bonds. The average Bonchev–Trinajstić information content (AvgIpc) is 2.36. The summed E-state index contributed by atoms with van der Waals surface area (Å²) in [6, 6.07) is 0. The molecule has 0 saturated carbocycles. The first-order chi connectivity index (χ1) is 7.99. The van der Waals surface area contributed by atoms with Crippen molar-refractivity contribution in [2.75, 3.05) is 18.5 Å². The Bertz CT molecular complexity index is 435. The van der Waals surface area contributed by atoms with Gasteiger partial charge in [-0.15, -0.1) is 0 Å². The summed E-state index contributed by atoms with van der Waals surface area (Å²) in [5.41, 5.74) is -1.03. The quantitative estimate of drug-likeness (QED) is 0.693. The number of aryl methyl sites for hydroxylation is 1. The summed E-state index contributed by atoms with van der Waals surface area (Å²) in [5, 5.41) is 25.2. The Hall–Kier alpha value is -1.11. The highest BCUT2D eigenvalue weighted by Crippen LogP contribution is 2.22. The summed E-state index contributed by atoms with van der Waals surface area (Å²) in [7, 11) is 1.49. The molecule has 0 spiro atoms. The fourth-order valence-corrected chi connectivity index (χ4v) is 1.54. The molecule has 96 valence electrons. The minimum atomic E-state index is -0.905. The van der Waals surface area contributed by atoms with Crippen molar-refractivity contribution in [1.29, 1.82) is 0 Å². The maximum absolute atomic E-state index is 11.5. The molecule has 0 fully saturated rings. The number of hydrogen-bond donors (Lipinski definition) is 3. The summed E-state index contributed by atoms with van der Waals surface area (Å²) >= 11 is 5.88. The molecule has 17 heavy (non-hydrogen) atoms. The normalized spacial score (nSPS) is 11.6. The van der Waals surface area contributed by atoms with Crippen LogP contribution in [0.25, 0.3) is 0 Å². The SMILES string of the molecule is CCC(CO)(CO)Nc1cnn(C)c(=O)c1Cl. The van der Waals surface area contributed by atoms with Crippen LogP contribution in [0.1, 0.15) is 13.3 Å². The summed E-state index contributed by atoms with van der Waals surface area (Å²) in [6.45, 7) is 1.26. The predicted octanol–water partition coefficient (Wildman–Crippen LogP) is -0.0210. The molecule has 0 atom stereocenters. The lowest BCUT2D eigenvalue weighted by Crippen LogP contribution is -2.45. The second-order valence-electron chi connectivity index (χ2n) is 3.88. The Labute approximate surface area is 104 Å². The van der Waals surface area contributed by atoms with E-state index in [2.05, 4.69) is 10.4 Å². The fraction of sp³-hybridized carbons (Fsp3) is 0.600. The van der Waals surface area contributed by atoms with Gasteiger partial charge in [-0.05, 0) is 6.42 Å². The summed E-state index contributed by atoms with van der Waals surface area (Å²) in [4.78, 5) is 11.5. The van der Waals surface area contributed by atoms with Crippen LogP contribution < -0.4 is 10.9 Å². The molecule has 0 aromatic carbocycles. The van der Waals surface area contributed by atoms with Crippen LogP contribution >= 0.6 is 11.6 Å². The Balaban J connectivity index is 3.11. The minimum absolute atomic E-state index is 0.0118. The van der Waals surface area contributed by atoms with E-state index in [0.717, 1.165) is 4.68 Å². The number of nitrogens with zero attached hydrogens (tertiary/aromatic N) is 2. The van der Waals surface area contributed by atoms with Crippen LogP contribution in [0.5, 0.6) is 0 Å². The van der Waals surface area contributed by atoms with Gasteiger partial charge in [0.25, 0.3) is 5.56 Å². The van der Waals surface area contributed by atoms with Gasteiger partial charge in [-0.2, -0.15) is 5.10 Å². The van der Waals surface area contributed by atoms with E-state index in [9.17, 15) is 15.0 Å². The summed E-state index contributed by atoms with van der Waals surface area (Å²) < 4.78 is 1.11. The van der Waals surface area contributed by atoms with Crippen LogP contribution in [0.4, 0.5) is 5.69 Å². The molecule has 1 aromatic heterocycles. The van der Waals surface area contributed by atoms with Gasteiger partial charge in [-0.25, -0.2) is 4.68 Å². The zero-order chi connectivity index (χ0) is 13.1. The molecule has 1 heterocycles. The fourth-order valence-electron chi connectivity index (χ4n) is 1.32.